The summed E-state index contributed by atoms with van der Waals surface area (Å²) < 4.78 is 0.983. The molecule has 1 aliphatic heterocycles. The number of nitrogens with one attached hydrogen (secondary N) is 1. The maximum absolute atomic E-state index is 12.5. The van der Waals surface area contributed by atoms with Crippen LogP contribution in [-0.2, 0) is 13.0 Å². The first kappa shape index (κ1) is 23.4. The predicted molar refractivity (Wildman–Crippen MR) is 138 cm³/mol. The zero-order chi connectivity index (χ0) is 23.0. The Morgan fingerprint density at radius 3 is 2.36 bits per heavy atom. The van der Waals surface area contributed by atoms with Crippen molar-refractivity contribution in [1.29, 1.82) is 0 Å². The van der Waals surface area contributed by atoms with Gasteiger partial charge in [0.05, 0.1) is 5.71 Å². The highest BCUT2D eigenvalue weighted by Crippen LogP contribution is 2.23. The fourth-order valence-electron chi connectivity index (χ4n) is 4.29. The normalized spacial score (nSPS) is 15.4. The molecule has 1 aliphatic rings. The molecule has 0 aromatic heterocycles. The van der Waals surface area contributed by atoms with E-state index in [4.69, 9.17) is 0 Å². The van der Waals surface area contributed by atoms with E-state index in [2.05, 4.69) is 73.8 Å². The minimum Gasteiger partial charge on any atom is -0.299 e. The number of piperidine rings is 1. The van der Waals surface area contributed by atoms with Crippen molar-refractivity contribution in [1.82, 2.24) is 10.3 Å². The van der Waals surface area contributed by atoms with Crippen molar-refractivity contribution in [3.63, 3.8) is 0 Å². The van der Waals surface area contributed by atoms with Crippen molar-refractivity contribution in [3.8, 4) is 0 Å². The van der Waals surface area contributed by atoms with Gasteiger partial charge in [0.25, 0.3) is 5.91 Å². The highest BCUT2D eigenvalue weighted by Gasteiger charge is 2.19. The van der Waals surface area contributed by atoms with Gasteiger partial charge >= 0.3 is 0 Å². The van der Waals surface area contributed by atoms with Crippen LogP contribution < -0.4 is 5.43 Å². The molecular weight excluding hydrogens is 474 g/mol. The summed E-state index contributed by atoms with van der Waals surface area (Å²) in [5.74, 6) is 0.577. The average molecular weight is 504 g/mol. The molecule has 0 bridgehead atoms. The van der Waals surface area contributed by atoms with Gasteiger partial charge in [-0.2, -0.15) is 5.10 Å². The highest BCUT2D eigenvalue weighted by molar-refractivity contribution is 9.10. The highest BCUT2D eigenvalue weighted by atomic mass is 79.9. The Balaban J connectivity index is 1.25. The van der Waals surface area contributed by atoms with E-state index in [0.717, 1.165) is 41.3 Å². The summed E-state index contributed by atoms with van der Waals surface area (Å²) in [6, 6.07) is 26.5. The molecule has 3 aromatic carbocycles. The van der Waals surface area contributed by atoms with Gasteiger partial charge in [-0.3, -0.25) is 9.69 Å². The van der Waals surface area contributed by atoms with E-state index in [0.29, 0.717) is 5.56 Å². The Labute approximate surface area is 204 Å². The molecule has 0 saturated carbocycles. The van der Waals surface area contributed by atoms with Crippen molar-refractivity contribution < 1.29 is 4.79 Å². The second-order valence-electron chi connectivity index (χ2n) is 8.75. The summed E-state index contributed by atoms with van der Waals surface area (Å²) in [6.07, 6.45) is 3.66. The van der Waals surface area contributed by atoms with Crippen LogP contribution in [0.1, 0.15) is 46.8 Å². The summed E-state index contributed by atoms with van der Waals surface area (Å²) in [5.41, 5.74) is 7.69. The van der Waals surface area contributed by atoms with E-state index in [1.807, 2.05) is 43.3 Å². The van der Waals surface area contributed by atoms with Crippen LogP contribution in [0.3, 0.4) is 0 Å². The molecule has 0 radical (unpaired) electrons. The van der Waals surface area contributed by atoms with Crippen LogP contribution in [-0.4, -0.2) is 29.6 Å². The minimum absolute atomic E-state index is 0.197. The molecule has 0 unspecified atom stereocenters. The van der Waals surface area contributed by atoms with Crippen LogP contribution in [0, 0.1) is 5.92 Å². The predicted octanol–water partition coefficient (Wildman–Crippen LogP) is 6.06. The molecule has 5 heteroatoms. The van der Waals surface area contributed by atoms with Crippen LogP contribution in [0.15, 0.2) is 88.4 Å². The van der Waals surface area contributed by atoms with Gasteiger partial charge in [0.1, 0.15) is 0 Å². The van der Waals surface area contributed by atoms with Crippen LogP contribution in [0.4, 0.5) is 0 Å². The lowest BCUT2D eigenvalue weighted by Crippen LogP contribution is -2.33. The second-order valence-corrected chi connectivity index (χ2v) is 9.67. The zero-order valence-electron chi connectivity index (χ0n) is 19.0. The molecule has 1 fully saturated rings. The van der Waals surface area contributed by atoms with Crippen LogP contribution in [0.25, 0.3) is 0 Å². The van der Waals surface area contributed by atoms with Crippen molar-refractivity contribution in [2.45, 2.75) is 32.7 Å². The number of likely N-dealkylation sites (tertiary alicyclic amines) is 1. The number of rotatable bonds is 7. The van der Waals surface area contributed by atoms with Crippen molar-refractivity contribution in [2.75, 3.05) is 13.1 Å². The molecule has 0 aliphatic carbocycles. The van der Waals surface area contributed by atoms with E-state index < -0.39 is 0 Å². The Hall–Kier alpha value is -2.76. The summed E-state index contributed by atoms with van der Waals surface area (Å²) >= 11 is 3.46. The van der Waals surface area contributed by atoms with Gasteiger partial charge in [0.15, 0.2) is 0 Å². The first-order valence-corrected chi connectivity index (χ1v) is 12.3. The van der Waals surface area contributed by atoms with E-state index in [1.54, 1.807) is 0 Å². The third-order valence-electron chi connectivity index (χ3n) is 6.26. The number of carbonyl (C=O) groups excluding carboxylic acids is 1. The number of hydrogen-bond acceptors (Lipinski definition) is 3. The largest absolute Gasteiger partial charge is 0.299 e. The minimum atomic E-state index is -0.197. The molecular formula is C28H30BrN3O. The number of amides is 1. The standard InChI is InChI=1S/C28H30BrN3O/c1-21(26-8-5-9-27(29)19-26)30-31-28(33)25-12-10-24(11-13-25)20-32-16-14-23(15-17-32)18-22-6-3-2-4-7-22/h2-13,19,23H,14-18,20H2,1H3,(H,31,33)/b30-21-. The molecule has 3 aromatic rings. The van der Waals surface area contributed by atoms with E-state index in [9.17, 15) is 4.79 Å². The SMILES string of the molecule is C/C(=N/NC(=O)c1ccc(CN2CCC(Cc3ccccc3)CC2)cc1)c1cccc(Br)c1. The Morgan fingerprint density at radius 2 is 1.67 bits per heavy atom. The maximum atomic E-state index is 12.5. The molecule has 33 heavy (non-hydrogen) atoms. The number of benzene rings is 3. The van der Waals surface area contributed by atoms with Crippen molar-refractivity contribution >= 4 is 27.5 Å². The second kappa shape index (κ2) is 11.4. The Bertz CT molecular complexity index is 1090. The molecule has 1 saturated heterocycles. The molecule has 4 rings (SSSR count). The monoisotopic (exact) mass is 503 g/mol. The van der Waals surface area contributed by atoms with Gasteiger partial charge in [-0.05, 0) is 86.1 Å². The molecule has 0 spiro atoms. The Morgan fingerprint density at radius 1 is 0.939 bits per heavy atom. The number of hydrazone groups is 1. The topological polar surface area (TPSA) is 44.7 Å². The first-order valence-electron chi connectivity index (χ1n) is 11.5. The number of carbonyl (C=O) groups is 1. The quantitative estimate of drug-likeness (QED) is 0.314. The molecule has 170 valence electrons. The lowest BCUT2D eigenvalue weighted by molar-refractivity contribution is 0.0955. The third-order valence-corrected chi connectivity index (χ3v) is 6.76. The Kier molecular flexibility index (Phi) is 8.08. The van der Waals surface area contributed by atoms with Crippen LogP contribution in [0.2, 0.25) is 0 Å². The number of nitrogens with zero attached hydrogens (tertiary/aromatic N) is 2. The van der Waals surface area contributed by atoms with Crippen molar-refractivity contribution in [2.24, 2.45) is 11.0 Å². The summed E-state index contributed by atoms with van der Waals surface area (Å²) in [5, 5.41) is 4.25. The average Bonchev–Trinajstić information content (AvgIpc) is 2.84. The van der Waals surface area contributed by atoms with Crippen LogP contribution in [0.5, 0.6) is 0 Å². The van der Waals surface area contributed by atoms with E-state index in [1.165, 1.54) is 30.4 Å². The summed E-state index contributed by atoms with van der Waals surface area (Å²) in [4.78, 5) is 15.0. The fraction of sp³-hybridized carbons (Fsp3) is 0.286. The van der Waals surface area contributed by atoms with Gasteiger partial charge in [0, 0.05) is 16.6 Å². The first-order chi connectivity index (χ1) is 16.1. The number of hydrogen-bond donors (Lipinski definition) is 1. The molecule has 1 heterocycles. The lowest BCUT2D eigenvalue weighted by Gasteiger charge is -2.32. The zero-order valence-corrected chi connectivity index (χ0v) is 20.6. The third kappa shape index (κ3) is 6.86. The van der Waals surface area contributed by atoms with Gasteiger partial charge in [0.2, 0.25) is 0 Å². The summed E-state index contributed by atoms with van der Waals surface area (Å²) in [7, 11) is 0. The fourth-order valence-corrected chi connectivity index (χ4v) is 4.69. The van der Waals surface area contributed by atoms with Gasteiger partial charge in [-0.15, -0.1) is 0 Å². The van der Waals surface area contributed by atoms with Gasteiger partial charge in [-0.25, -0.2) is 5.43 Å². The smallest absolute Gasteiger partial charge is 0.271 e. The van der Waals surface area contributed by atoms with E-state index >= 15 is 0 Å². The van der Waals surface area contributed by atoms with Gasteiger partial charge < -0.3 is 0 Å². The molecule has 1 N–H and O–H groups in total. The molecule has 0 atom stereocenters. The van der Waals surface area contributed by atoms with Gasteiger partial charge in [-0.1, -0.05) is 70.5 Å². The molecule has 1 amide bonds. The number of halogens is 1. The maximum Gasteiger partial charge on any atom is 0.271 e. The summed E-state index contributed by atoms with van der Waals surface area (Å²) in [6.45, 7) is 5.07. The molecule has 4 nitrogen and oxygen atoms in total. The van der Waals surface area contributed by atoms with Crippen molar-refractivity contribution in [3.05, 3.63) is 106 Å². The lowest BCUT2D eigenvalue weighted by atomic mass is 9.90. The van der Waals surface area contributed by atoms with E-state index in [-0.39, 0.29) is 5.91 Å². The van der Waals surface area contributed by atoms with Crippen LogP contribution >= 0.6 is 15.9 Å².